The van der Waals surface area contributed by atoms with Crippen molar-refractivity contribution >= 4 is 22.6 Å². The number of carbonyl (C=O) groups is 1. The second kappa shape index (κ2) is 6.87. The summed E-state index contributed by atoms with van der Waals surface area (Å²) in [5, 5.41) is 3.92. The van der Waals surface area contributed by atoms with Crippen molar-refractivity contribution in [1.29, 1.82) is 0 Å². The summed E-state index contributed by atoms with van der Waals surface area (Å²) in [6.07, 6.45) is 4.57. The predicted molar refractivity (Wildman–Crippen MR) is 98.1 cm³/mol. The minimum absolute atomic E-state index is 0.0173. The molecule has 1 amide bonds. The first-order valence-electron chi connectivity index (χ1n) is 8.36. The number of H-pyrrole nitrogens is 1. The average Bonchev–Trinajstić information content (AvgIpc) is 2.97. The number of amides is 1. The summed E-state index contributed by atoms with van der Waals surface area (Å²) in [4.78, 5) is 19.9. The fraction of sp³-hybridized carbons (Fsp3) is 0.300. The number of nitrogens with one attached hydrogen (secondary N) is 2. The standard InChI is InChI=1S/C20H23N3O/c1-13(2)11-15-6-8-16(9-7-15)14(3)20(24)23-18-12-22-19-17(18)5-4-10-21-19/h4-10,12-14H,11H2,1-3H3,(H,21,22)(H,23,24)/t14-/m1/s1. The van der Waals surface area contributed by atoms with Crippen LogP contribution in [0.5, 0.6) is 0 Å². The molecule has 0 aliphatic carbocycles. The third-order valence-electron chi connectivity index (χ3n) is 4.23. The van der Waals surface area contributed by atoms with Crippen molar-refractivity contribution in [2.45, 2.75) is 33.1 Å². The van der Waals surface area contributed by atoms with E-state index < -0.39 is 0 Å². The number of carbonyl (C=O) groups excluding carboxylic acids is 1. The first-order chi connectivity index (χ1) is 11.5. The van der Waals surface area contributed by atoms with Gasteiger partial charge in [-0.1, -0.05) is 38.1 Å². The van der Waals surface area contributed by atoms with Crippen LogP contribution in [0.2, 0.25) is 0 Å². The molecule has 0 saturated carbocycles. The van der Waals surface area contributed by atoms with Crippen LogP contribution >= 0.6 is 0 Å². The van der Waals surface area contributed by atoms with Gasteiger partial charge >= 0.3 is 0 Å². The second-order valence-corrected chi connectivity index (χ2v) is 6.65. The molecule has 4 nitrogen and oxygen atoms in total. The van der Waals surface area contributed by atoms with Gasteiger partial charge in [-0.2, -0.15) is 0 Å². The molecular formula is C20H23N3O. The van der Waals surface area contributed by atoms with E-state index in [1.807, 2.05) is 19.1 Å². The number of fused-ring (bicyclic) bond motifs is 1. The second-order valence-electron chi connectivity index (χ2n) is 6.65. The molecule has 3 aromatic rings. The maximum atomic E-state index is 12.6. The number of nitrogens with zero attached hydrogens (tertiary/aromatic N) is 1. The zero-order valence-electron chi connectivity index (χ0n) is 14.3. The first-order valence-corrected chi connectivity index (χ1v) is 8.36. The van der Waals surface area contributed by atoms with Gasteiger partial charge < -0.3 is 10.3 Å². The third kappa shape index (κ3) is 3.48. The van der Waals surface area contributed by atoms with E-state index in [9.17, 15) is 4.79 Å². The fourth-order valence-electron chi connectivity index (χ4n) is 2.87. The molecule has 1 atom stereocenters. The highest BCUT2D eigenvalue weighted by Gasteiger charge is 2.17. The molecule has 4 heteroatoms. The van der Waals surface area contributed by atoms with Crippen LogP contribution in [0.3, 0.4) is 0 Å². The molecule has 1 aromatic carbocycles. The lowest BCUT2D eigenvalue weighted by atomic mass is 9.96. The maximum Gasteiger partial charge on any atom is 0.231 e. The van der Waals surface area contributed by atoms with E-state index in [2.05, 4.69) is 53.4 Å². The summed E-state index contributed by atoms with van der Waals surface area (Å²) in [7, 11) is 0. The van der Waals surface area contributed by atoms with Crippen molar-refractivity contribution in [3.8, 4) is 0 Å². The highest BCUT2D eigenvalue weighted by molar-refractivity contribution is 6.02. The average molecular weight is 321 g/mol. The van der Waals surface area contributed by atoms with E-state index in [0.29, 0.717) is 5.92 Å². The van der Waals surface area contributed by atoms with Crippen LogP contribution in [0.1, 0.15) is 37.8 Å². The lowest BCUT2D eigenvalue weighted by Crippen LogP contribution is -2.18. The van der Waals surface area contributed by atoms with Crippen LogP contribution in [-0.4, -0.2) is 15.9 Å². The Labute approximate surface area is 142 Å². The molecule has 0 saturated heterocycles. The fourth-order valence-corrected chi connectivity index (χ4v) is 2.87. The van der Waals surface area contributed by atoms with Crippen molar-refractivity contribution in [3.63, 3.8) is 0 Å². The zero-order valence-corrected chi connectivity index (χ0v) is 14.3. The molecule has 0 aliphatic heterocycles. The molecule has 0 bridgehead atoms. The Morgan fingerprint density at radius 2 is 1.92 bits per heavy atom. The molecule has 2 heterocycles. The van der Waals surface area contributed by atoms with Gasteiger partial charge in [0.05, 0.1) is 11.6 Å². The SMILES string of the molecule is CC(C)Cc1ccc([C@@H](C)C(=O)Nc2c[nH]c3ncccc23)cc1. The van der Waals surface area contributed by atoms with E-state index >= 15 is 0 Å². The number of aromatic nitrogens is 2. The monoisotopic (exact) mass is 321 g/mol. The lowest BCUT2D eigenvalue weighted by molar-refractivity contribution is -0.117. The van der Waals surface area contributed by atoms with Crippen LogP contribution < -0.4 is 5.32 Å². The van der Waals surface area contributed by atoms with Crippen LogP contribution in [0.25, 0.3) is 11.0 Å². The Morgan fingerprint density at radius 3 is 2.62 bits per heavy atom. The van der Waals surface area contributed by atoms with Crippen LogP contribution in [0.4, 0.5) is 5.69 Å². The normalized spacial score (nSPS) is 12.5. The Hall–Kier alpha value is -2.62. The van der Waals surface area contributed by atoms with Gasteiger partial charge in [-0.15, -0.1) is 0 Å². The smallest absolute Gasteiger partial charge is 0.231 e. The molecule has 0 spiro atoms. The first kappa shape index (κ1) is 16.2. The molecule has 2 aromatic heterocycles. The minimum atomic E-state index is -0.209. The molecule has 0 radical (unpaired) electrons. The number of hydrogen-bond acceptors (Lipinski definition) is 2. The van der Waals surface area contributed by atoms with Gasteiger partial charge in [0.15, 0.2) is 0 Å². The van der Waals surface area contributed by atoms with Gasteiger partial charge in [-0.3, -0.25) is 4.79 Å². The van der Waals surface area contributed by atoms with Crippen molar-refractivity contribution < 1.29 is 4.79 Å². The molecular weight excluding hydrogens is 298 g/mol. The molecule has 124 valence electrons. The van der Waals surface area contributed by atoms with Gasteiger partial charge in [-0.25, -0.2) is 4.98 Å². The summed E-state index contributed by atoms with van der Waals surface area (Å²) >= 11 is 0. The van der Waals surface area contributed by atoms with E-state index in [-0.39, 0.29) is 11.8 Å². The summed E-state index contributed by atoms with van der Waals surface area (Å²) in [5.41, 5.74) is 3.88. The van der Waals surface area contributed by atoms with Gasteiger partial charge in [0.25, 0.3) is 0 Å². The number of anilines is 1. The van der Waals surface area contributed by atoms with Crippen LogP contribution in [0.15, 0.2) is 48.8 Å². The molecule has 2 N–H and O–H groups in total. The highest BCUT2D eigenvalue weighted by Crippen LogP contribution is 2.24. The van der Waals surface area contributed by atoms with Gasteiger partial charge in [0.2, 0.25) is 5.91 Å². The number of rotatable bonds is 5. The number of hydrogen-bond donors (Lipinski definition) is 2. The number of pyridine rings is 1. The number of benzene rings is 1. The van der Waals surface area contributed by atoms with Crippen molar-refractivity contribution in [2.24, 2.45) is 5.92 Å². The quantitative estimate of drug-likeness (QED) is 0.726. The Balaban J connectivity index is 1.72. The van der Waals surface area contributed by atoms with Crippen molar-refractivity contribution in [3.05, 3.63) is 59.9 Å². The largest absolute Gasteiger partial charge is 0.344 e. The predicted octanol–water partition coefficient (Wildman–Crippen LogP) is 4.50. The van der Waals surface area contributed by atoms with Crippen LogP contribution in [-0.2, 0) is 11.2 Å². The van der Waals surface area contributed by atoms with E-state index in [4.69, 9.17) is 0 Å². The van der Waals surface area contributed by atoms with Gasteiger partial charge in [-0.05, 0) is 42.5 Å². The Morgan fingerprint density at radius 1 is 1.17 bits per heavy atom. The van der Waals surface area contributed by atoms with Gasteiger partial charge in [0.1, 0.15) is 5.65 Å². The maximum absolute atomic E-state index is 12.6. The topological polar surface area (TPSA) is 57.8 Å². The van der Waals surface area contributed by atoms with E-state index in [1.54, 1.807) is 12.4 Å². The Kier molecular flexibility index (Phi) is 4.65. The van der Waals surface area contributed by atoms with E-state index in [1.165, 1.54) is 5.56 Å². The molecule has 24 heavy (non-hydrogen) atoms. The van der Waals surface area contributed by atoms with E-state index in [0.717, 1.165) is 28.7 Å². The van der Waals surface area contributed by atoms with Crippen molar-refractivity contribution in [2.75, 3.05) is 5.32 Å². The summed E-state index contributed by atoms with van der Waals surface area (Å²) in [6, 6.07) is 12.2. The Bertz CT molecular complexity index is 833. The third-order valence-corrected chi connectivity index (χ3v) is 4.23. The summed E-state index contributed by atoms with van der Waals surface area (Å²) in [6.45, 7) is 6.35. The molecule has 3 rings (SSSR count). The molecule has 0 aliphatic rings. The number of aromatic amines is 1. The summed E-state index contributed by atoms with van der Waals surface area (Å²) in [5.74, 6) is 0.406. The minimum Gasteiger partial charge on any atom is -0.344 e. The zero-order chi connectivity index (χ0) is 17.1. The van der Waals surface area contributed by atoms with Crippen molar-refractivity contribution in [1.82, 2.24) is 9.97 Å². The summed E-state index contributed by atoms with van der Waals surface area (Å²) < 4.78 is 0. The molecule has 0 fully saturated rings. The highest BCUT2D eigenvalue weighted by atomic mass is 16.1. The van der Waals surface area contributed by atoms with Crippen LogP contribution in [0, 0.1) is 5.92 Å². The lowest BCUT2D eigenvalue weighted by Gasteiger charge is -2.13. The van der Waals surface area contributed by atoms with Gasteiger partial charge in [0, 0.05) is 17.8 Å². The molecule has 0 unspecified atom stereocenters.